The molecule has 0 saturated heterocycles. The molecule has 4 rings (SSSR count). The third kappa shape index (κ3) is 7.67. The van der Waals surface area contributed by atoms with Crippen LogP contribution in [-0.2, 0) is 0 Å². The van der Waals surface area contributed by atoms with Crippen molar-refractivity contribution in [1.29, 1.82) is 0 Å². The maximum atomic E-state index is 11.7. The Labute approximate surface area is 245 Å². The van der Waals surface area contributed by atoms with E-state index < -0.39 is 0 Å². The van der Waals surface area contributed by atoms with Crippen LogP contribution in [0, 0.1) is 0 Å². The topological polar surface area (TPSA) is 130 Å². The van der Waals surface area contributed by atoms with E-state index in [4.69, 9.17) is 44.1 Å². The number of Topliss-reactive ketones (excluding diaryl/α,β-unsaturated/α-hetero) is 2. The number of hydrogen-bond donors (Lipinski definition) is 2. The van der Waals surface area contributed by atoms with Crippen LogP contribution in [0.25, 0.3) is 0 Å². The zero-order chi connectivity index (χ0) is 28.0. The summed E-state index contributed by atoms with van der Waals surface area (Å²) in [4.78, 5) is 31.1. The summed E-state index contributed by atoms with van der Waals surface area (Å²) in [5.41, 5.74) is 13.3. The average Bonchev–Trinajstić information content (AvgIpc) is 2.84. The fraction of sp³-hybridized carbons (Fsp3) is 0.0769. The van der Waals surface area contributed by atoms with Gasteiger partial charge < -0.3 is 20.9 Å². The fourth-order valence-electron chi connectivity index (χ4n) is 3.07. The maximum Gasteiger partial charge on any atom is 0.164 e. The van der Waals surface area contributed by atoms with Crippen LogP contribution in [-0.4, -0.2) is 21.5 Å². The summed E-state index contributed by atoms with van der Waals surface area (Å²) in [6.45, 7) is 2.90. The fourth-order valence-corrected chi connectivity index (χ4v) is 4.33. The molecule has 0 saturated carbocycles. The number of nitrogens with two attached hydrogens (primary N) is 2. The first-order chi connectivity index (χ1) is 18.0. The van der Waals surface area contributed by atoms with Crippen LogP contribution in [0.3, 0.4) is 0 Å². The predicted octanol–water partition coefficient (Wildman–Crippen LogP) is 8.15. The third-order valence-corrected chi connectivity index (χ3v) is 6.73. The van der Waals surface area contributed by atoms with Crippen LogP contribution >= 0.6 is 55.1 Å². The van der Waals surface area contributed by atoms with Gasteiger partial charge in [0.15, 0.2) is 11.6 Å². The summed E-state index contributed by atoms with van der Waals surface area (Å²) in [6.07, 6.45) is 6.03. The van der Waals surface area contributed by atoms with Gasteiger partial charge >= 0.3 is 0 Å². The van der Waals surface area contributed by atoms with Crippen molar-refractivity contribution in [3.63, 3.8) is 0 Å². The number of aromatic nitrogens is 2. The Balaban J connectivity index is 0.000000211. The minimum absolute atomic E-state index is 0.135. The van der Waals surface area contributed by atoms with E-state index >= 15 is 0 Å². The number of halogens is 4. The van der Waals surface area contributed by atoms with Gasteiger partial charge in [-0.1, -0.05) is 23.2 Å². The van der Waals surface area contributed by atoms with Gasteiger partial charge in [0, 0.05) is 40.4 Å². The van der Waals surface area contributed by atoms with Crippen molar-refractivity contribution < 1.29 is 19.1 Å². The molecule has 0 atom stereocenters. The number of ketones is 2. The lowest BCUT2D eigenvalue weighted by molar-refractivity contribution is 0.100. The maximum absolute atomic E-state index is 11.7. The highest BCUT2D eigenvalue weighted by molar-refractivity contribution is 9.11. The number of anilines is 2. The zero-order valence-corrected chi connectivity index (χ0v) is 24.7. The van der Waals surface area contributed by atoms with Gasteiger partial charge in [-0.05, 0) is 70.0 Å². The first kappa shape index (κ1) is 29.4. The minimum atomic E-state index is -0.149. The zero-order valence-electron chi connectivity index (χ0n) is 20.0. The largest absolute Gasteiger partial charge is 0.455 e. The van der Waals surface area contributed by atoms with Crippen molar-refractivity contribution in [3.8, 4) is 23.0 Å². The standard InChI is InChI=1S/2C13H10BrClN2O2/c1-7(18)10-3-12(16)11(14)4-13(10)19-9-2-8(15)5-17-6-9;1-7(18)12-11(3-2-10(16)13(12)14)19-9-4-8(15)5-17-6-9/h2*2-6H,16H2,1H3. The molecule has 196 valence electrons. The van der Waals surface area contributed by atoms with E-state index in [0.717, 1.165) is 0 Å². The molecule has 12 heteroatoms. The lowest BCUT2D eigenvalue weighted by Gasteiger charge is -2.12. The van der Waals surface area contributed by atoms with E-state index in [1.54, 1.807) is 36.4 Å². The van der Waals surface area contributed by atoms with Crippen LogP contribution in [0.5, 0.6) is 23.0 Å². The molecule has 0 radical (unpaired) electrons. The van der Waals surface area contributed by atoms with Crippen molar-refractivity contribution in [1.82, 2.24) is 9.97 Å². The molecule has 8 nitrogen and oxygen atoms in total. The second-order valence-corrected chi connectivity index (χ2v) is 10.2. The van der Waals surface area contributed by atoms with Crippen LogP contribution in [0.2, 0.25) is 10.0 Å². The molecule has 0 spiro atoms. The molecule has 0 unspecified atom stereocenters. The summed E-state index contributed by atoms with van der Waals surface area (Å²) < 4.78 is 12.4. The van der Waals surface area contributed by atoms with Gasteiger partial charge in [-0.15, -0.1) is 0 Å². The van der Waals surface area contributed by atoms with Crippen LogP contribution in [0.15, 0.2) is 70.1 Å². The van der Waals surface area contributed by atoms with E-state index in [-0.39, 0.29) is 11.6 Å². The van der Waals surface area contributed by atoms with Crippen LogP contribution in [0.1, 0.15) is 34.6 Å². The van der Waals surface area contributed by atoms with E-state index in [1.165, 1.54) is 38.6 Å². The number of ether oxygens (including phenoxy) is 2. The highest BCUT2D eigenvalue weighted by Crippen LogP contribution is 2.35. The first-order valence-electron chi connectivity index (χ1n) is 10.7. The van der Waals surface area contributed by atoms with Crippen molar-refractivity contribution in [2.75, 3.05) is 11.5 Å². The van der Waals surface area contributed by atoms with E-state index in [2.05, 4.69) is 41.8 Å². The van der Waals surface area contributed by atoms with Gasteiger partial charge in [0.25, 0.3) is 0 Å². The number of benzene rings is 2. The smallest absolute Gasteiger partial charge is 0.164 e. The number of carbonyl (C=O) groups excluding carboxylic acids is 2. The Bertz CT molecular complexity index is 1470. The molecule has 2 aromatic heterocycles. The molecule has 0 fully saturated rings. The molecule has 2 aromatic carbocycles. The summed E-state index contributed by atoms with van der Waals surface area (Å²) in [5.74, 6) is 1.42. The quantitative estimate of drug-likeness (QED) is 0.154. The second kappa shape index (κ2) is 13.1. The van der Waals surface area contributed by atoms with Gasteiger partial charge in [-0.25, -0.2) is 0 Å². The van der Waals surface area contributed by atoms with E-state index in [0.29, 0.717) is 64.5 Å². The number of pyridine rings is 2. The average molecular weight is 683 g/mol. The summed E-state index contributed by atoms with van der Waals surface area (Å²) in [6, 6.07) is 9.74. The number of hydrogen-bond acceptors (Lipinski definition) is 8. The number of carbonyl (C=O) groups is 2. The normalized spacial score (nSPS) is 10.3. The Morgan fingerprint density at radius 2 is 1.32 bits per heavy atom. The SMILES string of the molecule is CC(=O)c1c(Oc2cncc(Cl)c2)ccc(N)c1Br.CC(=O)c1cc(N)c(Br)cc1Oc1cncc(Cl)c1. The molecule has 0 aliphatic rings. The number of nitrogens with zero attached hydrogens (tertiary/aromatic N) is 2. The molecule has 4 aromatic rings. The third-order valence-electron chi connectivity index (χ3n) is 4.78. The van der Waals surface area contributed by atoms with Gasteiger partial charge in [-0.2, -0.15) is 0 Å². The van der Waals surface area contributed by atoms with Gasteiger partial charge in [-0.3, -0.25) is 19.6 Å². The van der Waals surface area contributed by atoms with Crippen LogP contribution in [0.4, 0.5) is 11.4 Å². The first-order valence-corrected chi connectivity index (χ1v) is 13.1. The number of rotatable bonds is 6. The van der Waals surface area contributed by atoms with E-state index in [9.17, 15) is 9.59 Å². The monoisotopic (exact) mass is 680 g/mol. The molecular formula is C26H20Br2Cl2N4O4. The molecule has 2 heterocycles. The number of nitrogen functional groups attached to an aromatic ring is 2. The lowest BCUT2D eigenvalue weighted by Crippen LogP contribution is -2.01. The summed E-state index contributed by atoms with van der Waals surface area (Å²) in [5, 5.41) is 0.910. The molecular weight excluding hydrogens is 663 g/mol. The molecule has 4 N–H and O–H groups in total. The van der Waals surface area contributed by atoms with Gasteiger partial charge in [0.2, 0.25) is 0 Å². The second-order valence-electron chi connectivity index (χ2n) is 7.71. The predicted molar refractivity (Wildman–Crippen MR) is 156 cm³/mol. The molecule has 0 aliphatic carbocycles. The van der Waals surface area contributed by atoms with Gasteiger partial charge in [0.1, 0.15) is 23.0 Å². The van der Waals surface area contributed by atoms with Crippen molar-refractivity contribution in [3.05, 3.63) is 91.3 Å². The van der Waals surface area contributed by atoms with Gasteiger partial charge in [0.05, 0.1) is 38.0 Å². The summed E-state index contributed by atoms with van der Waals surface area (Å²) in [7, 11) is 0. The Kier molecular flexibility index (Phi) is 10.1. The molecule has 38 heavy (non-hydrogen) atoms. The highest BCUT2D eigenvalue weighted by Gasteiger charge is 2.16. The molecule has 0 bridgehead atoms. The molecule has 0 aliphatic heterocycles. The van der Waals surface area contributed by atoms with Crippen LogP contribution < -0.4 is 20.9 Å². The minimum Gasteiger partial charge on any atom is -0.455 e. The van der Waals surface area contributed by atoms with Crippen molar-refractivity contribution in [2.45, 2.75) is 13.8 Å². The van der Waals surface area contributed by atoms with Crippen molar-refractivity contribution >= 4 is 78.0 Å². The Hall–Kier alpha value is -3.18. The van der Waals surface area contributed by atoms with Crippen molar-refractivity contribution in [2.24, 2.45) is 0 Å². The molecule has 0 amide bonds. The summed E-state index contributed by atoms with van der Waals surface area (Å²) >= 11 is 18.3. The Morgan fingerprint density at radius 1 is 0.763 bits per heavy atom. The lowest BCUT2D eigenvalue weighted by atomic mass is 10.1. The Morgan fingerprint density at radius 3 is 1.82 bits per heavy atom. The highest BCUT2D eigenvalue weighted by atomic mass is 79.9. The van der Waals surface area contributed by atoms with E-state index in [1.807, 2.05) is 0 Å².